The molecule has 0 unspecified atom stereocenters. The van der Waals surface area contributed by atoms with Gasteiger partial charge in [-0.15, -0.1) is 0 Å². The minimum Gasteiger partial charge on any atom is -0.497 e. The van der Waals surface area contributed by atoms with Crippen LogP contribution in [-0.2, 0) is 23.0 Å². The highest BCUT2D eigenvalue weighted by molar-refractivity contribution is 7.92. The Kier molecular flexibility index (Phi) is 8.58. The molecule has 11 heteroatoms. The first kappa shape index (κ1) is 29.2. The molecule has 0 saturated carbocycles. The maximum Gasteiger partial charge on any atom is 0.264 e. The molecule has 0 radical (unpaired) electrons. The van der Waals surface area contributed by atoms with Gasteiger partial charge in [-0.05, 0) is 85.1 Å². The molecule has 222 valence electrons. The van der Waals surface area contributed by atoms with Crippen molar-refractivity contribution in [2.45, 2.75) is 43.7 Å². The molecule has 10 nitrogen and oxygen atoms in total. The molecule has 2 heterocycles. The molecule has 0 atom stereocenters. The number of nitrogens with one attached hydrogen (secondary N) is 2. The molecule has 4 N–H and O–H groups in total. The molecule has 0 aromatic heterocycles. The largest absolute Gasteiger partial charge is 0.497 e. The summed E-state index contributed by atoms with van der Waals surface area (Å²) in [6.45, 7) is 4.68. The molecule has 2 aliphatic heterocycles. The van der Waals surface area contributed by atoms with Crippen LogP contribution in [0.5, 0.6) is 11.5 Å². The third kappa shape index (κ3) is 6.15. The number of sulfonamides is 1. The Morgan fingerprint density at radius 1 is 0.929 bits per heavy atom. The van der Waals surface area contributed by atoms with E-state index in [1.807, 2.05) is 49.4 Å². The van der Waals surface area contributed by atoms with Gasteiger partial charge in [-0.1, -0.05) is 6.07 Å². The van der Waals surface area contributed by atoms with Crippen LogP contribution in [0.25, 0.3) is 0 Å². The zero-order valence-corrected chi connectivity index (χ0v) is 24.9. The van der Waals surface area contributed by atoms with E-state index in [1.165, 1.54) is 4.31 Å². The summed E-state index contributed by atoms with van der Waals surface area (Å²) in [5, 5.41) is 16.3. The van der Waals surface area contributed by atoms with Crippen LogP contribution in [0.1, 0.15) is 36.5 Å². The standard InChI is InChI=1S/C31H38N6O4S/c1-3-37(25-7-4-22-14-17-36(31(33)34)21-24(22)20-25)42(38,39)29-12-10-27(11-13-29)41-28-15-18-35(19-16-28)30(32)23-5-8-26(40-2)9-6-23/h4-13,20,28,32H,3,14-19,21H2,1-2H3,(H3,33,34). The van der Waals surface area contributed by atoms with Crippen molar-refractivity contribution in [3.8, 4) is 11.5 Å². The highest BCUT2D eigenvalue weighted by Gasteiger charge is 2.27. The van der Waals surface area contributed by atoms with Gasteiger partial charge in [0.1, 0.15) is 23.4 Å². The Morgan fingerprint density at radius 3 is 2.21 bits per heavy atom. The molecule has 0 aliphatic carbocycles. The minimum atomic E-state index is -3.80. The number of ether oxygens (including phenoxy) is 2. The number of rotatable bonds is 8. The lowest BCUT2D eigenvalue weighted by molar-refractivity contribution is 0.131. The summed E-state index contributed by atoms with van der Waals surface area (Å²) in [7, 11) is -2.17. The number of piperidine rings is 1. The lowest BCUT2D eigenvalue weighted by atomic mass is 9.99. The Bertz CT molecular complexity index is 1530. The number of hydrogen-bond donors (Lipinski definition) is 3. The third-order valence-electron chi connectivity index (χ3n) is 7.95. The van der Waals surface area contributed by atoms with Gasteiger partial charge < -0.3 is 25.0 Å². The number of fused-ring (bicyclic) bond motifs is 1. The second kappa shape index (κ2) is 12.3. The van der Waals surface area contributed by atoms with Crippen molar-refractivity contribution >= 4 is 27.5 Å². The van der Waals surface area contributed by atoms with Crippen LogP contribution in [-0.4, -0.2) is 69.4 Å². The fourth-order valence-electron chi connectivity index (χ4n) is 5.53. The van der Waals surface area contributed by atoms with Crippen molar-refractivity contribution in [1.29, 1.82) is 10.8 Å². The molecule has 1 fully saturated rings. The van der Waals surface area contributed by atoms with E-state index >= 15 is 0 Å². The van der Waals surface area contributed by atoms with Crippen molar-refractivity contribution in [1.82, 2.24) is 9.80 Å². The van der Waals surface area contributed by atoms with Crippen LogP contribution in [0.15, 0.2) is 71.6 Å². The predicted octanol–water partition coefficient (Wildman–Crippen LogP) is 4.03. The van der Waals surface area contributed by atoms with Crippen molar-refractivity contribution in [3.05, 3.63) is 83.4 Å². The average Bonchev–Trinajstić information content (AvgIpc) is 3.01. The summed E-state index contributed by atoms with van der Waals surface area (Å²) < 4.78 is 40.1. The average molecular weight is 591 g/mol. The predicted molar refractivity (Wildman–Crippen MR) is 164 cm³/mol. The number of nitrogens with zero attached hydrogens (tertiary/aromatic N) is 3. The molecular weight excluding hydrogens is 552 g/mol. The Labute approximate surface area is 247 Å². The van der Waals surface area contributed by atoms with Gasteiger partial charge in [0.05, 0.1) is 17.7 Å². The summed E-state index contributed by atoms with van der Waals surface area (Å²) in [5.41, 5.74) is 9.26. The number of likely N-dealkylation sites (tertiary alicyclic amines) is 1. The van der Waals surface area contributed by atoms with Crippen molar-refractivity contribution in [2.75, 3.05) is 37.6 Å². The van der Waals surface area contributed by atoms with E-state index < -0.39 is 10.0 Å². The van der Waals surface area contributed by atoms with Crippen LogP contribution in [0.2, 0.25) is 0 Å². The van der Waals surface area contributed by atoms with Gasteiger partial charge in [-0.3, -0.25) is 15.1 Å². The van der Waals surface area contributed by atoms with E-state index in [2.05, 4.69) is 4.90 Å². The first-order valence-electron chi connectivity index (χ1n) is 14.2. The van der Waals surface area contributed by atoms with E-state index in [4.69, 9.17) is 26.0 Å². The van der Waals surface area contributed by atoms with Crippen molar-refractivity contribution < 1.29 is 17.9 Å². The molecule has 0 amide bonds. The van der Waals surface area contributed by atoms with Crippen LogP contribution >= 0.6 is 0 Å². The number of methoxy groups -OCH3 is 1. The van der Waals surface area contributed by atoms with Gasteiger partial charge in [0.15, 0.2) is 5.96 Å². The van der Waals surface area contributed by atoms with Gasteiger partial charge in [0.2, 0.25) is 0 Å². The Morgan fingerprint density at radius 2 is 1.60 bits per heavy atom. The maximum atomic E-state index is 13.6. The quantitative estimate of drug-likeness (QED) is 0.266. The second-order valence-electron chi connectivity index (χ2n) is 10.5. The van der Waals surface area contributed by atoms with Gasteiger partial charge in [0, 0.05) is 51.1 Å². The van der Waals surface area contributed by atoms with Gasteiger partial charge in [-0.2, -0.15) is 0 Å². The highest BCUT2D eigenvalue weighted by Crippen LogP contribution is 2.30. The normalized spacial score (nSPS) is 15.6. The fourth-order valence-corrected chi connectivity index (χ4v) is 7.00. The van der Waals surface area contributed by atoms with E-state index in [9.17, 15) is 8.42 Å². The molecule has 5 rings (SSSR count). The number of benzene rings is 3. The first-order valence-corrected chi connectivity index (χ1v) is 15.6. The lowest BCUT2D eigenvalue weighted by Crippen LogP contribution is -2.41. The van der Waals surface area contributed by atoms with Crippen LogP contribution in [0, 0.1) is 10.8 Å². The van der Waals surface area contributed by atoms with E-state index in [1.54, 1.807) is 36.3 Å². The van der Waals surface area contributed by atoms with Gasteiger partial charge in [0.25, 0.3) is 10.0 Å². The van der Waals surface area contributed by atoms with Gasteiger partial charge in [-0.25, -0.2) is 8.42 Å². The SMILES string of the molecule is CCN(c1ccc2c(c1)CN(C(=N)N)CC2)S(=O)(=O)c1ccc(OC2CCN(C(=N)c3ccc(OC)cc3)CC2)cc1. The molecule has 2 aliphatic rings. The second-order valence-corrected chi connectivity index (χ2v) is 12.4. The zero-order valence-electron chi connectivity index (χ0n) is 24.0. The monoisotopic (exact) mass is 590 g/mol. The highest BCUT2D eigenvalue weighted by atomic mass is 32.2. The molecular formula is C31H38N6O4S. The first-order chi connectivity index (χ1) is 20.2. The fraction of sp³-hybridized carbons (Fsp3) is 0.355. The number of guanidine groups is 1. The van der Waals surface area contributed by atoms with E-state index in [0.29, 0.717) is 43.5 Å². The number of anilines is 1. The summed E-state index contributed by atoms with van der Waals surface area (Å²) in [4.78, 5) is 4.03. The topological polar surface area (TPSA) is 136 Å². The Balaban J connectivity index is 1.21. The summed E-state index contributed by atoms with van der Waals surface area (Å²) in [6.07, 6.45) is 2.28. The minimum absolute atomic E-state index is 0.00965. The van der Waals surface area contributed by atoms with Crippen molar-refractivity contribution in [3.63, 3.8) is 0 Å². The summed E-state index contributed by atoms with van der Waals surface area (Å²) in [5.74, 6) is 1.90. The van der Waals surface area contributed by atoms with Crippen LogP contribution in [0.4, 0.5) is 5.69 Å². The zero-order chi connectivity index (χ0) is 29.9. The maximum absolute atomic E-state index is 13.6. The molecule has 1 saturated heterocycles. The molecule has 3 aromatic rings. The number of nitrogens with two attached hydrogens (primary N) is 1. The number of hydrogen-bond acceptors (Lipinski definition) is 6. The van der Waals surface area contributed by atoms with Gasteiger partial charge >= 0.3 is 0 Å². The third-order valence-corrected chi connectivity index (χ3v) is 9.87. The molecule has 3 aromatic carbocycles. The van der Waals surface area contributed by atoms with Crippen molar-refractivity contribution in [2.24, 2.45) is 5.73 Å². The molecule has 0 spiro atoms. The lowest BCUT2D eigenvalue weighted by Gasteiger charge is -2.34. The van der Waals surface area contributed by atoms with E-state index in [-0.39, 0.29) is 23.5 Å². The Hall–Kier alpha value is -4.25. The van der Waals surface area contributed by atoms with Crippen LogP contribution in [0.3, 0.4) is 0 Å². The van der Waals surface area contributed by atoms with E-state index in [0.717, 1.165) is 41.7 Å². The summed E-state index contributed by atoms with van der Waals surface area (Å²) >= 11 is 0. The summed E-state index contributed by atoms with van der Waals surface area (Å²) in [6, 6.07) is 19.8. The molecule has 42 heavy (non-hydrogen) atoms. The number of amidine groups is 1. The van der Waals surface area contributed by atoms with Crippen LogP contribution < -0.4 is 19.5 Å². The smallest absolute Gasteiger partial charge is 0.264 e. The molecule has 0 bridgehead atoms.